The summed E-state index contributed by atoms with van der Waals surface area (Å²) >= 11 is 5.93. The first kappa shape index (κ1) is 12.9. The number of nitrogens with zero attached hydrogens (tertiary/aromatic N) is 4. The van der Waals surface area contributed by atoms with E-state index in [2.05, 4.69) is 21.0 Å². The Bertz CT molecular complexity index is 733. The van der Waals surface area contributed by atoms with E-state index in [4.69, 9.17) is 16.0 Å². The monoisotopic (exact) mass is 302 g/mol. The molecule has 0 aromatic carbocycles. The van der Waals surface area contributed by atoms with E-state index in [9.17, 15) is 0 Å². The van der Waals surface area contributed by atoms with Gasteiger partial charge in [0, 0.05) is 30.9 Å². The number of pyridine rings is 1. The fourth-order valence-corrected chi connectivity index (χ4v) is 3.05. The first-order chi connectivity index (χ1) is 10.3. The minimum Gasteiger partial charge on any atom is -0.441 e. The highest BCUT2D eigenvalue weighted by Gasteiger charge is 2.25. The first-order valence-corrected chi connectivity index (χ1v) is 7.41. The highest BCUT2D eigenvalue weighted by atomic mass is 35.5. The second-order valence-electron chi connectivity index (χ2n) is 5.43. The Balaban J connectivity index is 1.46. The lowest BCUT2D eigenvalue weighted by atomic mass is 10.3. The topological polar surface area (TPSA) is 47.1 Å². The quantitative estimate of drug-likeness (QED) is 0.746. The van der Waals surface area contributed by atoms with Gasteiger partial charge in [0.05, 0.1) is 23.8 Å². The maximum absolute atomic E-state index is 5.93. The van der Waals surface area contributed by atoms with Crippen molar-refractivity contribution in [2.75, 3.05) is 13.1 Å². The lowest BCUT2D eigenvalue weighted by molar-refractivity contribution is 0.286. The van der Waals surface area contributed by atoms with E-state index in [1.807, 2.05) is 23.0 Å². The van der Waals surface area contributed by atoms with Gasteiger partial charge in [-0.05, 0) is 24.6 Å². The summed E-state index contributed by atoms with van der Waals surface area (Å²) in [5, 5.41) is 6.05. The molecule has 1 fully saturated rings. The van der Waals surface area contributed by atoms with Gasteiger partial charge in [-0.3, -0.25) is 9.58 Å². The average Bonchev–Trinajstić information content (AvgIpc) is 3.17. The number of likely N-dealkylation sites (tertiary alicyclic amines) is 1. The zero-order valence-electron chi connectivity index (χ0n) is 11.4. The van der Waals surface area contributed by atoms with E-state index in [-0.39, 0.29) is 0 Å². The molecule has 6 heteroatoms. The Kier molecular flexibility index (Phi) is 3.16. The van der Waals surface area contributed by atoms with Crippen molar-refractivity contribution in [3.63, 3.8) is 0 Å². The van der Waals surface area contributed by atoms with E-state index in [1.54, 1.807) is 12.4 Å². The van der Waals surface area contributed by atoms with Crippen LogP contribution in [0.4, 0.5) is 0 Å². The number of fused-ring (bicyclic) bond motifs is 1. The van der Waals surface area contributed by atoms with E-state index in [1.165, 1.54) is 0 Å². The van der Waals surface area contributed by atoms with Gasteiger partial charge < -0.3 is 4.42 Å². The number of hydrogen-bond donors (Lipinski definition) is 0. The van der Waals surface area contributed by atoms with Crippen LogP contribution in [0.2, 0.25) is 5.02 Å². The van der Waals surface area contributed by atoms with Crippen LogP contribution >= 0.6 is 11.6 Å². The molecule has 0 bridgehead atoms. The number of furan rings is 1. The zero-order chi connectivity index (χ0) is 14.2. The van der Waals surface area contributed by atoms with Crippen molar-refractivity contribution in [2.45, 2.75) is 19.0 Å². The van der Waals surface area contributed by atoms with Crippen LogP contribution in [0.3, 0.4) is 0 Å². The summed E-state index contributed by atoms with van der Waals surface area (Å²) in [6.45, 7) is 2.80. The average molecular weight is 303 g/mol. The molecule has 0 saturated carbocycles. The Hall–Kier alpha value is -1.85. The molecule has 5 nitrogen and oxygen atoms in total. The molecule has 1 aliphatic rings. The second-order valence-corrected chi connectivity index (χ2v) is 5.86. The molecule has 1 aliphatic heterocycles. The highest BCUT2D eigenvalue weighted by molar-refractivity contribution is 6.30. The summed E-state index contributed by atoms with van der Waals surface area (Å²) in [4.78, 5) is 6.60. The van der Waals surface area contributed by atoms with Crippen LogP contribution in [0.15, 0.2) is 41.2 Å². The molecular weight excluding hydrogens is 288 g/mol. The third-order valence-electron chi connectivity index (χ3n) is 3.92. The predicted octanol–water partition coefficient (Wildman–Crippen LogP) is 3.12. The summed E-state index contributed by atoms with van der Waals surface area (Å²) in [7, 11) is 0. The number of halogens is 1. The van der Waals surface area contributed by atoms with E-state index >= 15 is 0 Å². The van der Waals surface area contributed by atoms with Crippen LogP contribution in [0, 0.1) is 0 Å². The molecule has 108 valence electrons. The molecule has 0 amide bonds. The molecule has 0 radical (unpaired) electrons. The van der Waals surface area contributed by atoms with Gasteiger partial charge in [-0.15, -0.1) is 0 Å². The van der Waals surface area contributed by atoms with Gasteiger partial charge in [0.15, 0.2) is 0 Å². The van der Waals surface area contributed by atoms with E-state index in [0.717, 1.165) is 37.2 Å². The van der Waals surface area contributed by atoms with Gasteiger partial charge in [-0.25, -0.2) is 4.98 Å². The summed E-state index contributed by atoms with van der Waals surface area (Å²) in [6.07, 6.45) is 6.41. The van der Waals surface area contributed by atoms with Gasteiger partial charge in [0.1, 0.15) is 5.76 Å². The van der Waals surface area contributed by atoms with Crippen LogP contribution in [-0.4, -0.2) is 32.8 Å². The molecule has 21 heavy (non-hydrogen) atoms. The van der Waals surface area contributed by atoms with Crippen LogP contribution in [-0.2, 0) is 6.54 Å². The maximum atomic E-state index is 5.93. The van der Waals surface area contributed by atoms with Crippen LogP contribution in [0.1, 0.15) is 18.2 Å². The Morgan fingerprint density at radius 1 is 1.43 bits per heavy atom. The van der Waals surface area contributed by atoms with Gasteiger partial charge in [-0.1, -0.05) is 11.6 Å². The smallest absolute Gasteiger partial charge is 0.226 e. The summed E-state index contributed by atoms with van der Waals surface area (Å²) in [5.41, 5.74) is 0.710. The zero-order valence-corrected chi connectivity index (χ0v) is 12.2. The molecule has 3 aromatic rings. The number of aromatic nitrogens is 3. The van der Waals surface area contributed by atoms with Crippen LogP contribution in [0.5, 0.6) is 0 Å². The molecular formula is C15H15ClN4O. The Labute approximate surface area is 127 Å². The molecule has 1 atom stereocenters. The Morgan fingerprint density at radius 3 is 3.19 bits per heavy atom. The molecule has 0 aliphatic carbocycles. The van der Waals surface area contributed by atoms with Crippen molar-refractivity contribution in [3.8, 4) is 0 Å². The summed E-state index contributed by atoms with van der Waals surface area (Å²) in [6, 6.07) is 6.41. The lowest BCUT2D eigenvalue weighted by Crippen LogP contribution is -2.21. The van der Waals surface area contributed by atoms with Gasteiger partial charge in [0.25, 0.3) is 0 Å². The number of hydrogen-bond acceptors (Lipinski definition) is 4. The van der Waals surface area contributed by atoms with Crippen LogP contribution < -0.4 is 0 Å². The molecule has 0 N–H and O–H groups in total. The standard InChI is InChI=1S/C15H15ClN4O/c16-12-7-18-20(8-12)13-3-5-19(9-13)10-14-6-11-2-1-4-17-15(11)21-14/h1-2,4,6-8,13H,3,5,9-10H2/t13-/m0/s1. The SMILES string of the molecule is Clc1cnn([C@H]2CCN(Cc3cc4cccnc4o3)C2)c1. The van der Waals surface area contributed by atoms with Gasteiger partial charge >= 0.3 is 0 Å². The minimum atomic E-state index is 0.389. The van der Waals surface area contributed by atoms with Gasteiger partial charge in [0.2, 0.25) is 5.71 Å². The lowest BCUT2D eigenvalue weighted by Gasteiger charge is -2.14. The molecule has 3 aromatic heterocycles. The predicted molar refractivity (Wildman–Crippen MR) is 80.2 cm³/mol. The second kappa shape index (κ2) is 5.16. The summed E-state index contributed by atoms with van der Waals surface area (Å²) in [5.74, 6) is 0.961. The normalized spacial score (nSPS) is 19.6. The molecule has 1 saturated heterocycles. The van der Waals surface area contributed by atoms with Crippen molar-refractivity contribution in [1.82, 2.24) is 19.7 Å². The van der Waals surface area contributed by atoms with Crippen molar-refractivity contribution in [2.24, 2.45) is 0 Å². The fraction of sp³-hybridized carbons (Fsp3) is 0.333. The van der Waals surface area contributed by atoms with E-state index in [0.29, 0.717) is 16.8 Å². The number of rotatable bonds is 3. The highest BCUT2D eigenvalue weighted by Crippen LogP contribution is 2.25. The van der Waals surface area contributed by atoms with Crippen molar-refractivity contribution in [1.29, 1.82) is 0 Å². The minimum absolute atomic E-state index is 0.389. The van der Waals surface area contributed by atoms with Crippen molar-refractivity contribution in [3.05, 3.63) is 47.6 Å². The van der Waals surface area contributed by atoms with E-state index < -0.39 is 0 Å². The summed E-state index contributed by atoms with van der Waals surface area (Å²) < 4.78 is 7.74. The molecule has 0 unspecified atom stereocenters. The molecule has 4 rings (SSSR count). The first-order valence-electron chi connectivity index (χ1n) is 7.03. The van der Waals surface area contributed by atoms with Crippen molar-refractivity contribution < 1.29 is 4.42 Å². The third kappa shape index (κ3) is 2.54. The van der Waals surface area contributed by atoms with Crippen molar-refractivity contribution >= 4 is 22.7 Å². The largest absolute Gasteiger partial charge is 0.441 e. The fourth-order valence-electron chi connectivity index (χ4n) is 2.91. The molecule has 4 heterocycles. The molecule has 0 spiro atoms. The van der Waals surface area contributed by atoms with Crippen LogP contribution in [0.25, 0.3) is 11.1 Å². The third-order valence-corrected chi connectivity index (χ3v) is 4.11. The van der Waals surface area contributed by atoms with Gasteiger partial charge in [-0.2, -0.15) is 5.10 Å². The maximum Gasteiger partial charge on any atom is 0.226 e. The Morgan fingerprint density at radius 2 is 2.38 bits per heavy atom.